The highest BCUT2D eigenvalue weighted by molar-refractivity contribution is 6.00. The minimum absolute atomic E-state index is 0.0169. The van der Waals surface area contributed by atoms with Gasteiger partial charge in [-0.3, -0.25) is 10.5 Å². The molecule has 1 heterocycles. The number of carbonyl (C=O) groups excluding carboxylic acids is 1. The van der Waals surface area contributed by atoms with Gasteiger partial charge in [0.05, 0.1) is 12.0 Å². The van der Waals surface area contributed by atoms with Crippen molar-refractivity contribution in [3.8, 4) is 5.75 Å². The van der Waals surface area contributed by atoms with Crippen molar-refractivity contribution in [2.45, 2.75) is 12.1 Å². The lowest BCUT2D eigenvalue weighted by Gasteiger charge is -2.34. The Morgan fingerprint density at radius 2 is 1.67 bits per heavy atom. The van der Waals surface area contributed by atoms with Crippen LogP contribution in [0.5, 0.6) is 5.75 Å². The van der Waals surface area contributed by atoms with Crippen molar-refractivity contribution >= 4 is 5.78 Å². The summed E-state index contributed by atoms with van der Waals surface area (Å²) in [6, 6.07) is 16.6. The molecule has 1 atom stereocenters. The largest absolute Gasteiger partial charge is 0.468 e. The number of Topliss-reactive ketones (excluding diaryl/α,β-unsaturated/α-hetero) is 1. The zero-order chi connectivity index (χ0) is 12.6. The van der Waals surface area contributed by atoms with E-state index in [-0.39, 0.29) is 12.2 Å². The van der Waals surface area contributed by atoms with Crippen molar-refractivity contribution < 1.29 is 9.53 Å². The van der Waals surface area contributed by atoms with Gasteiger partial charge in [-0.2, -0.15) is 0 Å². The third-order valence-electron chi connectivity index (χ3n) is 3.17. The average Bonchev–Trinajstić information content (AvgIpc) is 2.40. The number of hydrogen-bond donors (Lipinski definition) is 1. The molecule has 0 bridgehead atoms. The third kappa shape index (κ3) is 1.69. The lowest BCUT2D eigenvalue weighted by atomic mass is 9.91. The molecule has 0 spiro atoms. The number of nitrogens with two attached hydrogens (primary N) is 1. The smallest absolute Gasteiger partial charge is 0.192 e. The molecule has 2 N–H and O–H groups in total. The zero-order valence-corrected chi connectivity index (χ0v) is 9.80. The standard InChI is InChI=1S/C15H13NO2/c16-15(11-6-2-1-3-7-11)10-13(17)12-8-4-5-9-14(12)18-15/h1-9H,10,16H2/t15-/m0/s1. The number of carbonyl (C=O) groups is 1. The Morgan fingerprint density at radius 1 is 1.00 bits per heavy atom. The fraction of sp³-hybridized carbons (Fsp3) is 0.133. The SMILES string of the molecule is N[C@@]1(c2ccccc2)CC(=O)c2ccccc2O1. The molecule has 3 heteroatoms. The van der Waals surface area contributed by atoms with Crippen LogP contribution in [0, 0.1) is 0 Å². The van der Waals surface area contributed by atoms with Gasteiger partial charge in [0, 0.05) is 5.56 Å². The highest BCUT2D eigenvalue weighted by Gasteiger charge is 2.38. The van der Waals surface area contributed by atoms with Gasteiger partial charge in [0.2, 0.25) is 0 Å². The molecule has 2 aromatic rings. The van der Waals surface area contributed by atoms with Gasteiger partial charge in [0.15, 0.2) is 11.5 Å². The van der Waals surface area contributed by atoms with Crippen LogP contribution in [0.15, 0.2) is 54.6 Å². The Balaban J connectivity index is 2.06. The summed E-state index contributed by atoms with van der Waals surface area (Å²) in [6.07, 6.45) is 0.161. The number of hydrogen-bond acceptors (Lipinski definition) is 3. The number of benzene rings is 2. The lowest BCUT2D eigenvalue weighted by molar-refractivity contribution is 0.0424. The van der Waals surface area contributed by atoms with Crippen LogP contribution in [-0.4, -0.2) is 5.78 Å². The molecule has 0 unspecified atom stereocenters. The number of ketones is 1. The Labute approximate surface area is 105 Å². The molecule has 0 aromatic heterocycles. The first-order valence-corrected chi connectivity index (χ1v) is 5.85. The summed E-state index contributed by atoms with van der Waals surface area (Å²) >= 11 is 0. The number of para-hydroxylation sites is 1. The Morgan fingerprint density at radius 3 is 2.44 bits per heavy atom. The van der Waals surface area contributed by atoms with Gasteiger partial charge in [-0.25, -0.2) is 0 Å². The number of ether oxygens (including phenoxy) is 1. The van der Waals surface area contributed by atoms with E-state index in [2.05, 4.69) is 0 Å². The minimum Gasteiger partial charge on any atom is -0.468 e. The third-order valence-corrected chi connectivity index (χ3v) is 3.17. The van der Waals surface area contributed by atoms with Crippen molar-refractivity contribution in [2.24, 2.45) is 5.73 Å². The van der Waals surface area contributed by atoms with E-state index in [1.807, 2.05) is 42.5 Å². The molecule has 0 aliphatic carbocycles. The van der Waals surface area contributed by atoms with E-state index in [9.17, 15) is 4.79 Å². The average molecular weight is 239 g/mol. The van der Waals surface area contributed by atoms with E-state index < -0.39 is 5.72 Å². The van der Waals surface area contributed by atoms with Crippen LogP contribution < -0.4 is 10.5 Å². The van der Waals surface area contributed by atoms with E-state index in [0.717, 1.165) is 5.56 Å². The predicted octanol–water partition coefficient (Wildman–Crippen LogP) is 2.46. The predicted molar refractivity (Wildman–Crippen MR) is 68.3 cm³/mol. The normalized spacial score (nSPS) is 22.2. The molecule has 0 amide bonds. The monoisotopic (exact) mass is 239 g/mol. The second-order valence-electron chi connectivity index (χ2n) is 4.45. The van der Waals surface area contributed by atoms with Crippen molar-refractivity contribution in [1.82, 2.24) is 0 Å². The highest BCUT2D eigenvalue weighted by atomic mass is 16.5. The summed E-state index contributed by atoms with van der Waals surface area (Å²) in [5.74, 6) is 0.573. The van der Waals surface area contributed by atoms with E-state index in [4.69, 9.17) is 10.5 Å². The molecule has 3 rings (SSSR count). The quantitative estimate of drug-likeness (QED) is 0.831. The van der Waals surface area contributed by atoms with Crippen molar-refractivity contribution in [1.29, 1.82) is 0 Å². The topological polar surface area (TPSA) is 52.3 Å². The number of rotatable bonds is 1. The van der Waals surface area contributed by atoms with Crippen LogP contribution in [0.3, 0.4) is 0 Å². The van der Waals surface area contributed by atoms with Crippen molar-refractivity contribution in [3.05, 3.63) is 65.7 Å². The van der Waals surface area contributed by atoms with Crippen LogP contribution in [-0.2, 0) is 5.72 Å². The summed E-state index contributed by atoms with van der Waals surface area (Å²) in [4.78, 5) is 12.1. The van der Waals surface area contributed by atoms with Gasteiger partial charge in [-0.1, -0.05) is 42.5 Å². The van der Waals surface area contributed by atoms with Gasteiger partial charge in [0.25, 0.3) is 0 Å². The summed E-state index contributed by atoms with van der Waals surface area (Å²) in [6.45, 7) is 0. The van der Waals surface area contributed by atoms with E-state index >= 15 is 0 Å². The molecule has 18 heavy (non-hydrogen) atoms. The van der Waals surface area contributed by atoms with Gasteiger partial charge in [-0.15, -0.1) is 0 Å². The lowest BCUT2D eigenvalue weighted by Crippen LogP contribution is -2.47. The van der Waals surface area contributed by atoms with Crippen LogP contribution in [0.25, 0.3) is 0 Å². The van der Waals surface area contributed by atoms with E-state index in [1.54, 1.807) is 12.1 Å². The molecule has 0 saturated carbocycles. The first-order valence-electron chi connectivity index (χ1n) is 5.85. The Kier molecular flexibility index (Phi) is 2.42. The maximum atomic E-state index is 12.1. The van der Waals surface area contributed by atoms with Gasteiger partial charge >= 0.3 is 0 Å². The summed E-state index contributed by atoms with van der Waals surface area (Å²) in [5.41, 5.74) is 6.60. The second-order valence-corrected chi connectivity index (χ2v) is 4.45. The molecule has 2 aromatic carbocycles. The van der Waals surface area contributed by atoms with Crippen LogP contribution in [0.4, 0.5) is 0 Å². The molecule has 0 fully saturated rings. The minimum atomic E-state index is -1.06. The molecule has 90 valence electrons. The fourth-order valence-corrected chi connectivity index (χ4v) is 2.23. The van der Waals surface area contributed by atoms with E-state index in [0.29, 0.717) is 11.3 Å². The molecular formula is C15H13NO2. The van der Waals surface area contributed by atoms with Crippen molar-refractivity contribution in [3.63, 3.8) is 0 Å². The number of fused-ring (bicyclic) bond motifs is 1. The molecule has 3 nitrogen and oxygen atoms in total. The van der Waals surface area contributed by atoms with Crippen molar-refractivity contribution in [2.75, 3.05) is 0 Å². The van der Waals surface area contributed by atoms with Gasteiger partial charge in [-0.05, 0) is 12.1 Å². The zero-order valence-electron chi connectivity index (χ0n) is 9.80. The van der Waals surface area contributed by atoms with E-state index in [1.165, 1.54) is 0 Å². The molecule has 0 radical (unpaired) electrons. The highest BCUT2D eigenvalue weighted by Crippen LogP contribution is 2.35. The molecule has 1 aliphatic heterocycles. The Hall–Kier alpha value is -2.13. The maximum absolute atomic E-state index is 12.1. The second kappa shape index (κ2) is 3.96. The fourth-order valence-electron chi connectivity index (χ4n) is 2.23. The van der Waals surface area contributed by atoms with Crippen LogP contribution in [0.2, 0.25) is 0 Å². The first-order chi connectivity index (χ1) is 8.69. The van der Waals surface area contributed by atoms with Crippen LogP contribution in [0.1, 0.15) is 22.3 Å². The first kappa shape index (κ1) is 11.0. The Bertz CT molecular complexity index is 594. The maximum Gasteiger partial charge on any atom is 0.192 e. The van der Waals surface area contributed by atoms with Gasteiger partial charge < -0.3 is 4.74 Å². The molecular weight excluding hydrogens is 226 g/mol. The molecule has 0 saturated heterocycles. The summed E-state index contributed by atoms with van der Waals surface area (Å²) < 4.78 is 5.83. The van der Waals surface area contributed by atoms with Gasteiger partial charge in [0.1, 0.15) is 5.75 Å². The molecule has 1 aliphatic rings. The summed E-state index contributed by atoms with van der Waals surface area (Å²) in [5, 5.41) is 0. The van der Waals surface area contributed by atoms with Crippen LogP contribution >= 0.6 is 0 Å². The summed E-state index contributed by atoms with van der Waals surface area (Å²) in [7, 11) is 0.